The van der Waals surface area contributed by atoms with E-state index in [4.69, 9.17) is 5.11 Å². The molecular weight excluding hydrogens is 286 g/mol. The van der Waals surface area contributed by atoms with Crippen LogP contribution < -0.4 is 5.32 Å². The number of hydrogen-bond donors (Lipinski definition) is 2. The number of anilines is 1. The Morgan fingerprint density at radius 1 is 1.33 bits per heavy atom. The molecule has 0 spiro atoms. The first kappa shape index (κ1) is 13.5. The predicted octanol–water partition coefficient (Wildman–Crippen LogP) is 3.31. The van der Waals surface area contributed by atoms with Gasteiger partial charge in [0.15, 0.2) is 5.13 Å². The predicted molar refractivity (Wildman–Crippen MR) is 82.9 cm³/mol. The molecule has 5 nitrogen and oxygen atoms in total. The van der Waals surface area contributed by atoms with Gasteiger partial charge in [0.2, 0.25) is 0 Å². The number of pyridine rings is 1. The maximum atomic E-state index is 11.0. The molecule has 3 rings (SSSR count). The van der Waals surface area contributed by atoms with Crippen LogP contribution in [0.4, 0.5) is 5.13 Å². The topological polar surface area (TPSA) is 75.1 Å². The molecule has 0 atom stereocenters. The van der Waals surface area contributed by atoms with Crippen LogP contribution in [0, 0.1) is 6.92 Å². The Morgan fingerprint density at radius 2 is 2.14 bits per heavy atom. The summed E-state index contributed by atoms with van der Waals surface area (Å²) in [5.41, 5.74) is 2.53. The van der Waals surface area contributed by atoms with E-state index < -0.39 is 5.97 Å². The number of nitrogens with zero attached hydrogens (tertiary/aromatic N) is 2. The first-order valence-electron chi connectivity index (χ1n) is 6.42. The molecule has 106 valence electrons. The molecule has 0 radical (unpaired) electrons. The van der Waals surface area contributed by atoms with Crippen molar-refractivity contribution in [2.45, 2.75) is 13.5 Å². The molecule has 0 saturated heterocycles. The van der Waals surface area contributed by atoms with Crippen molar-refractivity contribution in [3.05, 3.63) is 52.7 Å². The van der Waals surface area contributed by atoms with Gasteiger partial charge in [-0.3, -0.25) is 4.98 Å². The second kappa shape index (κ2) is 5.49. The summed E-state index contributed by atoms with van der Waals surface area (Å²) >= 11 is 1.15. The van der Waals surface area contributed by atoms with Gasteiger partial charge < -0.3 is 10.4 Å². The number of benzene rings is 1. The highest BCUT2D eigenvalue weighted by atomic mass is 32.1. The Morgan fingerprint density at radius 3 is 2.90 bits per heavy atom. The number of rotatable bonds is 4. The van der Waals surface area contributed by atoms with E-state index in [1.165, 1.54) is 0 Å². The summed E-state index contributed by atoms with van der Waals surface area (Å²) in [6.45, 7) is 2.25. The Bertz CT molecular complexity index is 808. The summed E-state index contributed by atoms with van der Waals surface area (Å²) in [4.78, 5) is 19.9. The third-order valence-electron chi connectivity index (χ3n) is 3.14. The number of thiazole rings is 1. The van der Waals surface area contributed by atoms with E-state index in [1.807, 2.05) is 30.3 Å². The van der Waals surface area contributed by atoms with E-state index in [0.29, 0.717) is 17.4 Å². The van der Waals surface area contributed by atoms with Crippen molar-refractivity contribution in [2.75, 3.05) is 5.32 Å². The lowest BCUT2D eigenvalue weighted by Gasteiger charge is -2.06. The second-order valence-electron chi connectivity index (χ2n) is 4.58. The molecule has 0 aliphatic carbocycles. The summed E-state index contributed by atoms with van der Waals surface area (Å²) < 4.78 is 0. The van der Waals surface area contributed by atoms with Gasteiger partial charge in [0, 0.05) is 18.1 Å². The van der Waals surface area contributed by atoms with Gasteiger partial charge in [-0.2, -0.15) is 0 Å². The number of aromatic carboxylic acids is 1. The van der Waals surface area contributed by atoms with Gasteiger partial charge in [0.25, 0.3) is 0 Å². The van der Waals surface area contributed by atoms with Crippen molar-refractivity contribution in [3.63, 3.8) is 0 Å². The SMILES string of the molecule is Cc1nc(NCc2cccc3cccnc23)sc1C(=O)O. The van der Waals surface area contributed by atoms with Crippen LogP contribution in [-0.2, 0) is 6.54 Å². The molecule has 0 unspecified atom stereocenters. The number of hydrogen-bond acceptors (Lipinski definition) is 5. The molecule has 2 aromatic heterocycles. The molecule has 0 aliphatic heterocycles. The molecule has 0 fully saturated rings. The minimum absolute atomic E-state index is 0.272. The fraction of sp³-hybridized carbons (Fsp3) is 0.133. The Kier molecular flexibility index (Phi) is 3.53. The van der Waals surface area contributed by atoms with E-state index in [0.717, 1.165) is 27.8 Å². The number of carboxylic acid groups (broad SMARTS) is 1. The highest BCUT2D eigenvalue weighted by molar-refractivity contribution is 7.17. The molecule has 2 heterocycles. The Balaban J connectivity index is 1.84. The molecule has 0 bridgehead atoms. The van der Waals surface area contributed by atoms with Crippen LogP contribution in [0.2, 0.25) is 0 Å². The van der Waals surface area contributed by atoms with Crippen LogP contribution in [0.5, 0.6) is 0 Å². The number of nitrogens with one attached hydrogen (secondary N) is 1. The molecule has 6 heteroatoms. The number of aromatic nitrogens is 2. The third-order valence-corrected chi connectivity index (χ3v) is 4.24. The molecule has 2 N–H and O–H groups in total. The van der Waals surface area contributed by atoms with Crippen molar-refractivity contribution < 1.29 is 9.90 Å². The largest absolute Gasteiger partial charge is 0.477 e. The molecule has 3 aromatic rings. The zero-order valence-corrected chi connectivity index (χ0v) is 12.1. The summed E-state index contributed by atoms with van der Waals surface area (Å²) in [7, 11) is 0. The van der Waals surface area contributed by atoms with Gasteiger partial charge in [-0.1, -0.05) is 35.6 Å². The maximum Gasteiger partial charge on any atom is 0.347 e. The van der Waals surface area contributed by atoms with Crippen molar-refractivity contribution in [1.82, 2.24) is 9.97 Å². The van der Waals surface area contributed by atoms with Crippen LogP contribution >= 0.6 is 11.3 Å². The summed E-state index contributed by atoms with van der Waals surface area (Å²) in [5.74, 6) is -0.940. The standard InChI is InChI=1S/C15H13N3O2S/c1-9-13(14(19)20)21-15(18-9)17-8-11-5-2-4-10-6-3-7-16-12(10)11/h2-7H,8H2,1H3,(H,17,18)(H,19,20). The lowest BCUT2D eigenvalue weighted by atomic mass is 10.1. The van der Waals surface area contributed by atoms with Gasteiger partial charge in [-0.05, 0) is 18.6 Å². The van der Waals surface area contributed by atoms with Gasteiger partial charge in [-0.25, -0.2) is 9.78 Å². The second-order valence-corrected chi connectivity index (χ2v) is 5.58. The lowest BCUT2D eigenvalue weighted by molar-refractivity contribution is 0.0701. The quantitative estimate of drug-likeness (QED) is 0.773. The zero-order chi connectivity index (χ0) is 14.8. The minimum atomic E-state index is -0.940. The minimum Gasteiger partial charge on any atom is -0.477 e. The fourth-order valence-electron chi connectivity index (χ4n) is 2.15. The molecule has 0 amide bonds. The molecule has 1 aromatic carbocycles. The molecule has 0 saturated carbocycles. The van der Waals surface area contributed by atoms with E-state index in [2.05, 4.69) is 15.3 Å². The molecule has 0 aliphatic rings. The van der Waals surface area contributed by atoms with E-state index >= 15 is 0 Å². The number of carboxylic acids is 1. The Hall–Kier alpha value is -2.47. The fourth-order valence-corrected chi connectivity index (χ4v) is 2.95. The monoisotopic (exact) mass is 299 g/mol. The smallest absolute Gasteiger partial charge is 0.347 e. The van der Waals surface area contributed by atoms with Crippen molar-refractivity contribution in [1.29, 1.82) is 0 Å². The first-order chi connectivity index (χ1) is 10.1. The average Bonchev–Trinajstić information content (AvgIpc) is 2.86. The van der Waals surface area contributed by atoms with Crippen LogP contribution in [-0.4, -0.2) is 21.0 Å². The maximum absolute atomic E-state index is 11.0. The average molecular weight is 299 g/mol. The Labute approximate surface area is 125 Å². The number of fused-ring (bicyclic) bond motifs is 1. The molecular formula is C15H13N3O2S. The number of aryl methyl sites for hydroxylation is 1. The summed E-state index contributed by atoms with van der Waals surface area (Å²) in [6, 6.07) is 9.92. The van der Waals surface area contributed by atoms with Crippen LogP contribution in [0.3, 0.4) is 0 Å². The van der Waals surface area contributed by atoms with Gasteiger partial charge >= 0.3 is 5.97 Å². The number of carbonyl (C=O) groups is 1. The van der Waals surface area contributed by atoms with Crippen molar-refractivity contribution in [2.24, 2.45) is 0 Å². The van der Waals surface area contributed by atoms with Gasteiger partial charge in [-0.15, -0.1) is 0 Å². The van der Waals surface area contributed by atoms with Crippen LogP contribution in [0.25, 0.3) is 10.9 Å². The van der Waals surface area contributed by atoms with E-state index in [1.54, 1.807) is 13.1 Å². The number of para-hydroxylation sites is 1. The van der Waals surface area contributed by atoms with Crippen LogP contribution in [0.1, 0.15) is 20.9 Å². The highest BCUT2D eigenvalue weighted by Crippen LogP contribution is 2.24. The van der Waals surface area contributed by atoms with Crippen LogP contribution in [0.15, 0.2) is 36.5 Å². The van der Waals surface area contributed by atoms with Gasteiger partial charge in [0.1, 0.15) is 4.88 Å². The van der Waals surface area contributed by atoms with E-state index in [-0.39, 0.29) is 4.88 Å². The summed E-state index contributed by atoms with van der Waals surface area (Å²) in [6.07, 6.45) is 1.77. The van der Waals surface area contributed by atoms with Crippen molar-refractivity contribution >= 4 is 33.3 Å². The first-order valence-corrected chi connectivity index (χ1v) is 7.24. The normalized spacial score (nSPS) is 10.7. The van der Waals surface area contributed by atoms with Gasteiger partial charge in [0.05, 0.1) is 11.2 Å². The third kappa shape index (κ3) is 2.71. The lowest BCUT2D eigenvalue weighted by Crippen LogP contribution is -2.00. The highest BCUT2D eigenvalue weighted by Gasteiger charge is 2.13. The summed E-state index contributed by atoms with van der Waals surface area (Å²) in [5, 5.41) is 13.9. The molecule has 21 heavy (non-hydrogen) atoms. The van der Waals surface area contributed by atoms with E-state index in [9.17, 15) is 4.79 Å². The van der Waals surface area contributed by atoms with Crippen molar-refractivity contribution in [3.8, 4) is 0 Å². The zero-order valence-electron chi connectivity index (χ0n) is 11.3.